The van der Waals surface area contributed by atoms with Gasteiger partial charge in [0.25, 0.3) is 0 Å². The summed E-state index contributed by atoms with van der Waals surface area (Å²) in [4.78, 5) is 8.33. The van der Waals surface area contributed by atoms with E-state index >= 15 is 0 Å². The standard InChI is InChI=1S/CH2O3.2Mn.H2O/c2-1(3)4;;;/h(H2,2,3,4);;;1H2/q;2*+2;/p-3. The Morgan fingerprint density at radius 3 is 1.14 bits per heavy atom. The van der Waals surface area contributed by atoms with Crippen molar-refractivity contribution in [3.05, 3.63) is 0 Å². The monoisotopic (exact) mass is 187 g/mol. The number of carbonyl (C=O) groups is 1. The third-order valence-corrected chi connectivity index (χ3v) is 0. The van der Waals surface area contributed by atoms with Crippen molar-refractivity contribution in [1.82, 2.24) is 0 Å². The minimum Gasteiger partial charge on any atom is -0.870 e. The van der Waals surface area contributed by atoms with Crippen LogP contribution in [0.15, 0.2) is 0 Å². The van der Waals surface area contributed by atoms with E-state index in [0.29, 0.717) is 0 Å². The molecule has 0 aliphatic rings. The Hall–Kier alpha value is 0.269. The third-order valence-electron chi connectivity index (χ3n) is 0. The quantitative estimate of drug-likeness (QED) is 0.387. The molecular weight excluding hydrogens is 186 g/mol. The Kier molecular flexibility index (Phi) is 62.2. The van der Waals surface area contributed by atoms with Crippen LogP contribution in [0.4, 0.5) is 4.79 Å². The summed E-state index contributed by atoms with van der Waals surface area (Å²) in [6.07, 6.45) is -2.33. The van der Waals surface area contributed by atoms with Crippen LogP contribution in [-0.4, -0.2) is 11.6 Å². The van der Waals surface area contributed by atoms with Gasteiger partial charge < -0.3 is 20.5 Å². The molecule has 0 fully saturated rings. The second kappa shape index (κ2) is 16.3. The van der Waals surface area contributed by atoms with E-state index in [1.165, 1.54) is 0 Å². The van der Waals surface area contributed by atoms with Crippen LogP contribution >= 0.6 is 0 Å². The fourth-order valence-corrected chi connectivity index (χ4v) is 0. The summed E-state index contributed by atoms with van der Waals surface area (Å²) >= 11 is 0. The maximum absolute atomic E-state index is 8.33. The topological polar surface area (TPSA) is 93.2 Å². The molecule has 2 radical (unpaired) electrons. The van der Waals surface area contributed by atoms with Crippen molar-refractivity contribution in [1.29, 1.82) is 0 Å². The number of hydrogen-bond donors (Lipinski definition) is 0. The molecule has 0 saturated carbocycles. The smallest absolute Gasteiger partial charge is 0.870 e. The van der Waals surface area contributed by atoms with Crippen LogP contribution in [0.2, 0.25) is 0 Å². The fourth-order valence-electron chi connectivity index (χ4n) is 0. The van der Waals surface area contributed by atoms with Gasteiger partial charge in [0, 0.05) is 0 Å². The summed E-state index contributed by atoms with van der Waals surface area (Å²) in [5.41, 5.74) is 0. The van der Waals surface area contributed by atoms with E-state index in [4.69, 9.17) is 15.0 Å². The van der Waals surface area contributed by atoms with Gasteiger partial charge in [0.2, 0.25) is 0 Å². The molecule has 0 aliphatic carbocycles. The van der Waals surface area contributed by atoms with Crippen molar-refractivity contribution in [2.45, 2.75) is 0 Å². The molecule has 0 aromatic carbocycles. The molecule has 0 aromatic rings. The molecule has 0 atom stereocenters. The van der Waals surface area contributed by atoms with Gasteiger partial charge in [-0.2, -0.15) is 0 Å². The molecule has 4 nitrogen and oxygen atoms in total. The normalized spacial score (nSPS) is 3.43. The van der Waals surface area contributed by atoms with Crippen LogP contribution in [0.25, 0.3) is 0 Å². The van der Waals surface area contributed by atoms with E-state index in [9.17, 15) is 0 Å². The van der Waals surface area contributed by atoms with Crippen LogP contribution in [-0.2, 0) is 34.1 Å². The van der Waals surface area contributed by atoms with Crippen molar-refractivity contribution in [2.24, 2.45) is 0 Å². The van der Waals surface area contributed by atoms with Gasteiger partial charge in [-0.3, -0.25) is 0 Å². The molecule has 6 heteroatoms. The first kappa shape index (κ1) is 26.7. The van der Waals surface area contributed by atoms with Crippen LogP contribution < -0.4 is 10.2 Å². The number of hydrogen-bond acceptors (Lipinski definition) is 4. The van der Waals surface area contributed by atoms with E-state index in [1.807, 2.05) is 0 Å². The van der Waals surface area contributed by atoms with Crippen LogP contribution in [0.1, 0.15) is 0 Å². The SMILES string of the molecule is O=C([O-])[O-].[Mn+2].[Mn+2].[OH-]. The van der Waals surface area contributed by atoms with E-state index in [0.717, 1.165) is 0 Å². The van der Waals surface area contributed by atoms with Gasteiger partial charge in [0.05, 0.1) is 0 Å². The van der Waals surface area contributed by atoms with Crippen molar-refractivity contribution in [2.75, 3.05) is 0 Å². The first-order chi connectivity index (χ1) is 1.73. The predicted molar refractivity (Wildman–Crippen MR) is 7.33 cm³/mol. The Morgan fingerprint density at radius 2 is 1.14 bits per heavy atom. The first-order valence-electron chi connectivity index (χ1n) is 0.612. The zero-order valence-electron chi connectivity index (χ0n) is 2.93. The average Bonchev–Trinajstić information content (AvgIpc) is 0.811. The summed E-state index contributed by atoms with van der Waals surface area (Å²) in [7, 11) is 0. The van der Waals surface area contributed by atoms with Gasteiger partial charge in [-0.1, -0.05) is 0 Å². The molecule has 0 unspecified atom stereocenters. The molecular formula is CHMn2O4+. The molecule has 0 aliphatic heterocycles. The Bertz CT molecular complexity index is 32.7. The molecule has 0 heterocycles. The Morgan fingerprint density at radius 1 is 1.14 bits per heavy atom. The molecule has 0 saturated heterocycles. The summed E-state index contributed by atoms with van der Waals surface area (Å²) in [6.45, 7) is 0. The number of carboxylic acid groups (broad SMARTS) is 2. The zero-order valence-corrected chi connectivity index (χ0v) is 5.29. The van der Waals surface area contributed by atoms with Gasteiger partial charge in [-0.05, 0) is 6.16 Å². The van der Waals surface area contributed by atoms with Gasteiger partial charge >= 0.3 is 34.1 Å². The molecule has 0 bridgehead atoms. The average molecular weight is 187 g/mol. The maximum Gasteiger partial charge on any atom is 2.00 e. The molecule has 1 N–H and O–H groups in total. The minimum atomic E-state index is -2.33. The Labute approximate surface area is 61.2 Å². The zero-order chi connectivity index (χ0) is 3.58. The molecule has 0 rings (SSSR count). The molecule has 0 amide bonds. The Balaban J connectivity index is -0.0000000150. The third kappa shape index (κ3) is 1580. The van der Waals surface area contributed by atoms with E-state index in [2.05, 4.69) is 0 Å². The predicted octanol–water partition coefficient (Wildman–Crippen LogP) is -2.63. The molecule has 0 spiro atoms. The van der Waals surface area contributed by atoms with Crippen LogP contribution in [0.3, 0.4) is 0 Å². The molecule has 0 aromatic heterocycles. The summed E-state index contributed by atoms with van der Waals surface area (Å²) < 4.78 is 0. The van der Waals surface area contributed by atoms with E-state index in [1.54, 1.807) is 0 Å². The summed E-state index contributed by atoms with van der Waals surface area (Å²) in [5, 5.41) is 16.7. The first-order valence-corrected chi connectivity index (χ1v) is 0.612. The van der Waals surface area contributed by atoms with Crippen molar-refractivity contribution >= 4 is 6.16 Å². The number of carbonyl (C=O) groups excluding carboxylic acids is 1. The van der Waals surface area contributed by atoms with Crippen LogP contribution in [0, 0.1) is 0 Å². The minimum absolute atomic E-state index is 0. The van der Waals surface area contributed by atoms with Gasteiger partial charge in [-0.25, -0.2) is 0 Å². The second-order valence-electron chi connectivity index (χ2n) is 0.250. The van der Waals surface area contributed by atoms with Gasteiger partial charge in [0.1, 0.15) is 0 Å². The van der Waals surface area contributed by atoms with Crippen molar-refractivity contribution in [3.63, 3.8) is 0 Å². The summed E-state index contributed by atoms with van der Waals surface area (Å²) in [6, 6.07) is 0. The van der Waals surface area contributed by atoms with Gasteiger partial charge in [-0.15, -0.1) is 0 Å². The van der Waals surface area contributed by atoms with Crippen molar-refractivity contribution < 1.29 is 54.6 Å². The molecule has 42 valence electrons. The maximum atomic E-state index is 8.33. The largest absolute Gasteiger partial charge is 2.00 e. The van der Waals surface area contributed by atoms with Gasteiger partial charge in [0.15, 0.2) is 0 Å². The van der Waals surface area contributed by atoms with E-state index < -0.39 is 6.16 Å². The van der Waals surface area contributed by atoms with E-state index in [-0.39, 0.29) is 39.6 Å². The number of rotatable bonds is 0. The fraction of sp³-hybridized carbons (Fsp3) is 0. The summed E-state index contributed by atoms with van der Waals surface area (Å²) in [5.74, 6) is 0. The second-order valence-corrected chi connectivity index (χ2v) is 0.250. The molecule has 7 heavy (non-hydrogen) atoms. The van der Waals surface area contributed by atoms with Crippen LogP contribution in [0.5, 0.6) is 0 Å². The van der Waals surface area contributed by atoms with Crippen molar-refractivity contribution in [3.8, 4) is 0 Å².